The van der Waals surface area contributed by atoms with E-state index in [0.717, 1.165) is 36.5 Å². The van der Waals surface area contributed by atoms with Gasteiger partial charge in [0.1, 0.15) is 11.4 Å². The van der Waals surface area contributed by atoms with Gasteiger partial charge in [0.15, 0.2) is 0 Å². The van der Waals surface area contributed by atoms with Crippen LogP contribution in [0.5, 0.6) is 0 Å². The number of imide groups is 1. The number of H-pyrrole nitrogens is 1. The smallest absolute Gasteiger partial charge is 0.327 e. The van der Waals surface area contributed by atoms with Crippen molar-refractivity contribution in [1.29, 1.82) is 0 Å². The van der Waals surface area contributed by atoms with Crippen molar-refractivity contribution in [3.8, 4) is 0 Å². The molecule has 132 valence electrons. The third-order valence-corrected chi connectivity index (χ3v) is 5.55. The van der Waals surface area contributed by atoms with Crippen molar-refractivity contribution in [2.45, 2.75) is 31.8 Å². The summed E-state index contributed by atoms with van der Waals surface area (Å²) in [5.41, 5.74) is 1.37. The molecule has 2 aliphatic heterocycles. The van der Waals surface area contributed by atoms with E-state index in [9.17, 15) is 9.59 Å². The lowest BCUT2D eigenvalue weighted by Crippen LogP contribution is -2.56. The van der Waals surface area contributed by atoms with Crippen molar-refractivity contribution < 1.29 is 9.59 Å². The van der Waals surface area contributed by atoms with Crippen LogP contribution >= 0.6 is 0 Å². The number of aromatic nitrogens is 2. The molecule has 0 saturated carbocycles. The monoisotopic (exact) mass is 341 g/mol. The van der Waals surface area contributed by atoms with Crippen molar-refractivity contribution in [3.63, 3.8) is 0 Å². The van der Waals surface area contributed by atoms with Crippen LogP contribution in [0.4, 0.5) is 4.79 Å². The maximum absolute atomic E-state index is 12.7. The Morgan fingerprint density at radius 3 is 2.60 bits per heavy atom. The number of benzene rings is 1. The fraction of sp³-hybridized carbons (Fsp3) is 0.500. The van der Waals surface area contributed by atoms with E-state index in [1.165, 1.54) is 4.90 Å². The van der Waals surface area contributed by atoms with E-state index in [2.05, 4.69) is 14.9 Å². The van der Waals surface area contributed by atoms with E-state index in [4.69, 9.17) is 0 Å². The highest BCUT2D eigenvalue weighted by Crippen LogP contribution is 2.36. The summed E-state index contributed by atoms with van der Waals surface area (Å²) in [6, 6.07) is 7.83. The number of imidazole rings is 1. The Labute approximate surface area is 146 Å². The number of para-hydroxylation sites is 2. The normalized spacial score (nSPS) is 21.0. The number of amides is 3. The molecule has 0 unspecified atom stereocenters. The van der Waals surface area contributed by atoms with Gasteiger partial charge in [0.05, 0.1) is 17.6 Å². The third-order valence-electron chi connectivity index (χ3n) is 5.55. The van der Waals surface area contributed by atoms with Crippen molar-refractivity contribution in [2.75, 3.05) is 26.7 Å². The van der Waals surface area contributed by atoms with E-state index < -0.39 is 5.54 Å². The topological polar surface area (TPSA) is 72.5 Å². The number of fused-ring (bicyclic) bond motifs is 1. The maximum atomic E-state index is 12.7. The molecule has 0 radical (unpaired) electrons. The molecule has 0 atom stereocenters. The molecular formula is C18H23N5O2. The zero-order chi connectivity index (χ0) is 17.6. The van der Waals surface area contributed by atoms with Crippen LogP contribution in [0, 0.1) is 0 Å². The van der Waals surface area contributed by atoms with Crippen LogP contribution in [0.1, 0.15) is 25.6 Å². The fourth-order valence-corrected chi connectivity index (χ4v) is 4.17. The van der Waals surface area contributed by atoms with Crippen LogP contribution in [0.15, 0.2) is 24.3 Å². The molecule has 2 saturated heterocycles. The molecule has 0 aliphatic carbocycles. The lowest BCUT2D eigenvalue weighted by Gasteiger charge is -2.41. The average molecular weight is 341 g/mol. The summed E-state index contributed by atoms with van der Waals surface area (Å²) in [7, 11) is 1.59. The molecule has 7 heteroatoms. The van der Waals surface area contributed by atoms with Crippen LogP contribution in [0.3, 0.4) is 0 Å². The van der Waals surface area contributed by atoms with E-state index >= 15 is 0 Å². The first-order valence-electron chi connectivity index (χ1n) is 8.81. The summed E-state index contributed by atoms with van der Waals surface area (Å²) in [5.74, 6) is 0.887. The standard InChI is InChI=1S/C18H23N5O2/c1-3-23-17(25)21(2)16(24)18(23)8-10-22(11-9-18)12-15-19-13-6-4-5-7-14(13)20-15/h4-7H,3,8-12H2,1-2H3,(H,19,20). The van der Waals surface area contributed by atoms with Gasteiger partial charge in [-0.3, -0.25) is 14.6 Å². The first kappa shape index (κ1) is 16.1. The number of nitrogens with zero attached hydrogens (tertiary/aromatic N) is 4. The average Bonchev–Trinajstić information content (AvgIpc) is 3.10. The number of urea groups is 1. The number of aromatic amines is 1. The molecule has 2 fully saturated rings. The number of piperidine rings is 1. The number of rotatable bonds is 3. The van der Waals surface area contributed by atoms with Crippen molar-refractivity contribution in [2.24, 2.45) is 0 Å². The highest BCUT2D eigenvalue weighted by atomic mass is 16.2. The van der Waals surface area contributed by atoms with Gasteiger partial charge < -0.3 is 9.88 Å². The first-order chi connectivity index (χ1) is 12.0. The van der Waals surface area contributed by atoms with Gasteiger partial charge in [-0.05, 0) is 31.9 Å². The minimum absolute atomic E-state index is 0.0530. The maximum Gasteiger partial charge on any atom is 0.327 e. The molecule has 4 rings (SSSR count). The first-order valence-corrected chi connectivity index (χ1v) is 8.81. The van der Waals surface area contributed by atoms with Crippen LogP contribution in [0.25, 0.3) is 11.0 Å². The van der Waals surface area contributed by atoms with Crippen LogP contribution in [-0.2, 0) is 11.3 Å². The van der Waals surface area contributed by atoms with Crippen molar-refractivity contribution >= 4 is 23.0 Å². The predicted molar refractivity (Wildman–Crippen MR) is 93.9 cm³/mol. The molecule has 1 spiro atoms. The molecule has 1 N–H and O–H groups in total. The summed E-state index contributed by atoms with van der Waals surface area (Å²) < 4.78 is 0. The second-order valence-electron chi connectivity index (χ2n) is 6.90. The van der Waals surface area contributed by atoms with Crippen LogP contribution in [0.2, 0.25) is 0 Å². The quantitative estimate of drug-likeness (QED) is 0.864. The van der Waals surface area contributed by atoms with Gasteiger partial charge in [-0.1, -0.05) is 12.1 Å². The predicted octanol–water partition coefficient (Wildman–Crippen LogP) is 1.81. The van der Waals surface area contributed by atoms with Gasteiger partial charge in [-0.25, -0.2) is 9.78 Å². The molecule has 2 aromatic rings. The largest absolute Gasteiger partial charge is 0.341 e. The third kappa shape index (κ3) is 2.41. The molecule has 1 aromatic carbocycles. The number of carbonyl (C=O) groups excluding carboxylic acids is 2. The van der Waals surface area contributed by atoms with Gasteiger partial charge in [0.2, 0.25) is 0 Å². The molecule has 7 nitrogen and oxygen atoms in total. The van der Waals surface area contributed by atoms with Gasteiger partial charge in [-0.2, -0.15) is 0 Å². The summed E-state index contributed by atoms with van der Waals surface area (Å²) in [6.45, 7) is 4.79. The molecule has 1 aromatic heterocycles. The van der Waals surface area contributed by atoms with E-state index in [1.807, 2.05) is 31.2 Å². The molecule has 25 heavy (non-hydrogen) atoms. The fourth-order valence-electron chi connectivity index (χ4n) is 4.17. The second-order valence-corrected chi connectivity index (χ2v) is 6.90. The van der Waals surface area contributed by atoms with E-state index in [0.29, 0.717) is 19.4 Å². The summed E-state index contributed by atoms with van der Waals surface area (Å²) in [5, 5.41) is 0. The highest BCUT2D eigenvalue weighted by Gasteiger charge is 2.56. The Hall–Kier alpha value is -2.41. The number of nitrogens with one attached hydrogen (secondary N) is 1. The van der Waals surface area contributed by atoms with Crippen molar-refractivity contribution in [1.82, 2.24) is 24.7 Å². The zero-order valence-electron chi connectivity index (χ0n) is 14.7. The van der Waals surface area contributed by atoms with Gasteiger partial charge in [-0.15, -0.1) is 0 Å². The molecule has 0 bridgehead atoms. The van der Waals surface area contributed by atoms with Gasteiger partial charge in [0.25, 0.3) is 5.91 Å². The SMILES string of the molecule is CCN1C(=O)N(C)C(=O)C12CCN(Cc1nc3ccccc3[nH]1)CC2. The highest BCUT2D eigenvalue weighted by molar-refractivity contribution is 6.06. The second kappa shape index (κ2) is 5.84. The molecule has 3 amide bonds. The lowest BCUT2D eigenvalue weighted by molar-refractivity contribution is -0.134. The number of likely N-dealkylation sites (N-methyl/N-ethyl adjacent to an activating group) is 2. The van der Waals surface area contributed by atoms with E-state index in [1.54, 1.807) is 11.9 Å². The summed E-state index contributed by atoms with van der Waals surface area (Å²) in [4.78, 5) is 38.3. The van der Waals surface area contributed by atoms with Gasteiger partial charge >= 0.3 is 6.03 Å². The Kier molecular flexibility index (Phi) is 3.76. The summed E-state index contributed by atoms with van der Waals surface area (Å²) >= 11 is 0. The van der Waals surface area contributed by atoms with Crippen LogP contribution < -0.4 is 0 Å². The Morgan fingerprint density at radius 1 is 1.20 bits per heavy atom. The lowest BCUT2D eigenvalue weighted by atomic mass is 9.86. The zero-order valence-corrected chi connectivity index (χ0v) is 14.7. The van der Waals surface area contributed by atoms with E-state index in [-0.39, 0.29) is 11.9 Å². The Morgan fingerprint density at radius 2 is 1.92 bits per heavy atom. The summed E-state index contributed by atoms with van der Waals surface area (Å²) in [6.07, 6.45) is 1.35. The number of likely N-dealkylation sites (tertiary alicyclic amines) is 1. The minimum Gasteiger partial charge on any atom is -0.341 e. The van der Waals surface area contributed by atoms with Gasteiger partial charge in [0, 0.05) is 26.7 Å². The minimum atomic E-state index is -0.648. The molecule has 2 aliphatic rings. The van der Waals surface area contributed by atoms with Crippen LogP contribution in [-0.4, -0.2) is 68.8 Å². The number of hydrogen-bond donors (Lipinski definition) is 1. The molecule has 3 heterocycles. The Balaban J connectivity index is 1.47. The van der Waals surface area contributed by atoms with Crippen molar-refractivity contribution in [3.05, 3.63) is 30.1 Å². The number of carbonyl (C=O) groups is 2. The molecular weight excluding hydrogens is 318 g/mol. The Bertz CT molecular complexity index is 789. The number of hydrogen-bond acceptors (Lipinski definition) is 4.